The van der Waals surface area contributed by atoms with Crippen molar-refractivity contribution in [1.82, 2.24) is 0 Å². The Balaban J connectivity index is 1.61. The lowest BCUT2D eigenvalue weighted by molar-refractivity contribution is -0.384. The van der Waals surface area contributed by atoms with Crippen LogP contribution in [0.2, 0.25) is 5.02 Å². The number of thioether (sulfide) groups is 1. The summed E-state index contributed by atoms with van der Waals surface area (Å²) in [6.45, 7) is 0. The molecule has 144 valence electrons. The third kappa shape index (κ3) is 3.95. The van der Waals surface area contributed by atoms with Crippen molar-refractivity contribution < 1.29 is 14.1 Å². The van der Waals surface area contributed by atoms with E-state index in [1.807, 2.05) is 0 Å². The second kappa shape index (κ2) is 7.82. The van der Waals surface area contributed by atoms with Crippen molar-refractivity contribution >= 4 is 63.3 Å². The minimum Gasteiger partial charge on any atom is -0.457 e. The lowest BCUT2D eigenvalue weighted by Gasteiger charge is -2.14. The highest BCUT2D eigenvalue weighted by molar-refractivity contribution is 8.27. The summed E-state index contributed by atoms with van der Waals surface area (Å²) in [6.07, 6.45) is 1.60. The van der Waals surface area contributed by atoms with E-state index >= 15 is 0 Å². The third-order valence-electron chi connectivity index (χ3n) is 4.10. The molecule has 1 aliphatic rings. The Morgan fingerprint density at radius 2 is 1.93 bits per heavy atom. The van der Waals surface area contributed by atoms with Crippen LogP contribution in [-0.4, -0.2) is 15.2 Å². The average molecular weight is 443 g/mol. The molecule has 3 aromatic rings. The summed E-state index contributed by atoms with van der Waals surface area (Å²) in [7, 11) is 0. The van der Waals surface area contributed by atoms with Gasteiger partial charge in [0, 0.05) is 28.8 Å². The van der Waals surface area contributed by atoms with E-state index in [1.54, 1.807) is 54.6 Å². The molecule has 4 rings (SSSR count). The number of non-ortho nitro benzene ring substituents is 1. The summed E-state index contributed by atoms with van der Waals surface area (Å²) in [5.74, 6) is 0.638. The fraction of sp³-hybridized carbons (Fsp3) is 0. The normalized spacial score (nSPS) is 15.3. The molecule has 0 aliphatic carbocycles. The lowest BCUT2D eigenvalue weighted by atomic mass is 10.1. The van der Waals surface area contributed by atoms with Gasteiger partial charge in [0.25, 0.3) is 11.6 Å². The van der Waals surface area contributed by atoms with Gasteiger partial charge in [-0.2, -0.15) is 0 Å². The fourth-order valence-electron chi connectivity index (χ4n) is 2.79. The number of thiocarbonyl (C=S) groups is 1. The summed E-state index contributed by atoms with van der Waals surface area (Å²) in [5.41, 5.74) is 1.15. The first-order chi connectivity index (χ1) is 13.9. The number of nitro groups is 1. The first-order valence-corrected chi connectivity index (χ1v) is 9.91. The van der Waals surface area contributed by atoms with Gasteiger partial charge in [0.1, 0.15) is 11.5 Å². The van der Waals surface area contributed by atoms with Gasteiger partial charge in [-0.3, -0.25) is 19.8 Å². The second-order valence-electron chi connectivity index (χ2n) is 6.01. The molecule has 0 bridgehead atoms. The van der Waals surface area contributed by atoms with Crippen molar-refractivity contribution in [2.75, 3.05) is 4.90 Å². The van der Waals surface area contributed by atoms with E-state index in [9.17, 15) is 14.9 Å². The van der Waals surface area contributed by atoms with E-state index in [1.165, 1.54) is 28.8 Å². The zero-order valence-corrected chi connectivity index (χ0v) is 17.0. The van der Waals surface area contributed by atoms with Crippen LogP contribution < -0.4 is 4.90 Å². The quantitative estimate of drug-likeness (QED) is 0.216. The number of rotatable bonds is 4. The highest BCUT2D eigenvalue weighted by atomic mass is 35.5. The molecule has 2 aromatic carbocycles. The number of carbonyl (C=O) groups excluding carboxylic acids is 1. The molecule has 0 atom stereocenters. The molecule has 1 amide bonds. The molecule has 29 heavy (non-hydrogen) atoms. The second-order valence-corrected chi connectivity index (χ2v) is 8.12. The van der Waals surface area contributed by atoms with E-state index in [-0.39, 0.29) is 11.6 Å². The first kappa shape index (κ1) is 19.4. The molecular weight excluding hydrogens is 432 g/mol. The van der Waals surface area contributed by atoms with Crippen molar-refractivity contribution in [1.29, 1.82) is 0 Å². The van der Waals surface area contributed by atoms with Gasteiger partial charge >= 0.3 is 0 Å². The van der Waals surface area contributed by atoms with Gasteiger partial charge in [-0.15, -0.1) is 0 Å². The number of nitro benzene ring substituents is 1. The number of furan rings is 1. The third-order valence-corrected chi connectivity index (χ3v) is 5.64. The Morgan fingerprint density at radius 1 is 1.14 bits per heavy atom. The molecule has 0 spiro atoms. The SMILES string of the molecule is O=C1C(=Cc2ccc(-c3cccc([N+](=O)[O-])c3)o2)SC(=S)N1c1cccc(Cl)c1. The Morgan fingerprint density at radius 3 is 2.69 bits per heavy atom. The molecule has 1 fully saturated rings. The van der Waals surface area contributed by atoms with Crippen LogP contribution in [-0.2, 0) is 4.79 Å². The average Bonchev–Trinajstić information content (AvgIpc) is 3.26. The lowest BCUT2D eigenvalue weighted by Crippen LogP contribution is -2.27. The molecule has 0 radical (unpaired) electrons. The van der Waals surface area contributed by atoms with Crippen molar-refractivity contribution in [3.63, 3.8) is 0 Å². The molecule has 2 heterocycles. The van der Waals surface area contributed by atoms with Gasteiger partial charge in [0.2, 0.25) is 0 Å². The number of halogens is 1. The van der Waals surface area contributed by atoms with Crippen LogP contribution in [0.4, 0.5) is 11.4 Å². The van der Waals surface area contributed by atoms with Crippen LogP contribution in [0.3, 0.4) is 0 Å². The van der Waals surface area contributed by atoms with Crippen molar-refractivity contribution in [2.45, 2.75) is 0 Å². The van der Waals surface area contributed by atoms with E-state index in [0.29, 0.717) is 37.0 Å². The van der Waals surface area contributed by atoms with Crippen LogP contribution in [0.5, 0.6) is 0 Å². The minimum atomic E-state index is -0.464. The van der Waals surface area contributed by atoms with Crippen LogP contribution in [0.25, 0.3) is 17.4 Å². The zero-order valence-electron chi connectivity index (χ0n) is 14.6. The Labute approximate surface area is 179 Å². The maximum absolute atomic E-state index is 12.8. The molecule has 1 aliphatic heterocycles. The monoisotopic (exact) mass is 442 g/mol. The fourth-order valence-corrected chi connectivity index (χ4v) is 4.26. The number of amides is 1. The van der Waals surface area contributed by atoms with Gasteiger partial charge in [-0.05, 0) is 30.3 Å². The summed E-state index contributed by atoms with van der Waals surface area (Å²) in [4.78, 5) is 25.1. The molecule has 0 unspecified atom stereocenters. The van der Waals surface area contributed by atoms with Crippen molar-refractivity contribution in [2.24, 2.45) is 0 Å². The van der Waals surface area contributed by atoms with E-state index in [4.69, 9.17) is 28.2 Å². The van der Waals surface area contributed by atoms with Crippen LogP contribution >= 0.6 is 35.6 Å². The summed E-state index contributed by atoms with van der Waals surface area (Å²) >= 11 is 12.5. The standard InChI is InChI=1S/C20H11ClN2O4S2/c21-13-4-2-5-14(10-13)22-19(24)18(29-20(22)28)11-16-7-8-17(27-16)12-3-1-6-15(9-12)23(25)26/h1-11H. The Hall–Kier alpha value is -2.94. The van der Waals surface area contributed by atoms with E-state index < -0.39 is 4.92 Å². The Kier molecular flexibility index (Phi) is 5.23. The van der Waals surface area contributed by atoms with Gasteiger partial charge in [0.05, 0.1) is 15.5 Å². The summed E-state index contributed by atoms with van der Waals surface area (Å²) < 4.78 is 6.16. The highest BCUT2D eigenvalue weighted by Crippen LogP contribution is 2.37. The van der Waals surface area contributed by atoms with Crippen LogP contribution in [0.15, 0.2) is 70.0 Å². The number of anilines is 1. The molecular formula is C20H11ClN2O4S2. The Bertz CT molecular complexity index is 1190. The summed E-state index contributed by atoms with van der Waals surface area (Å²) in [6, 6.07) is 16.4. The smallest absolute Gasteiger partial charge is 0.270 e. The molecule has 1 saturated heterocycles. The van der Waals surface area contributed by atoms with Crippen LogP contribution in [0, 0.1) is 10.1 Å². The van der Waals surface area contributed by atoms with E-state index in [0.717, 1.165) is 0 Å². The van der Waals surface area contributed by atoms with E-state index in [2.05, 4.69) is 0 Å². The molecule has 6 nitrogen and oxygen atoms in total. The number of hydrogen-bond acceptors (Lipinski definition) is 6. The number of nitrogens with zero attached hydrogens (tertiary/aromatic N) is 2. The summed E-state index contributed by atoms with van der Waals surface area (Å²) in [5, 5.41) is 11.5. The van der Waals surface area contributed by atoms with Crippen LogP contribution in [0.1, 0.15) is 5.76 Å². The van der Waals surface area contributed by atoms with Gasteiger partial charge in [-0.25, -0.2) is 0 Å². The maximum Gasteiger partial charge on any atom is 0.270 e. The maximum atomic E-state index is 12.8. The highest BCUT2D eigenvalue weighted by Gasteiger charge is 2.33. The predicted molar refractivity (Wildman–Crippen MR) is 118 cm³/mol. The first-order valence-electron chi connectivity index (χ1n) is 8.30. The predicted octanol–water partition coefficient (Wildman–Crippen LogP) is 5.91. The largest absolute Gasteiger partial charge is 0.457 e. The number of carbonyl (C=O) groups is 1. The van der Waals surface area contributed by atoms with Crippen molar-refractivity contribution in [3.05, 3.63) is 86.5 Å². The minimum absolute atomic E-state index is 0.0251. The van der Waals surface area contributed by atoms with Gasteiger partial charge in [-0.1, -0.05) is 53.8 Å². The molecule has 9 heteroatoms. The topological polar surface area (TPSA) is 76.6 Å². The zero-order chi connectivity index (χ0) is 20.5. The number of hydrogen-bond donors (Lipinski definition) is 0. The van der Waals surface area contributed by atoms with Gasteiger partial charge in [0.15, 0.2) is 4.32 Å². The molecule has 0 saturated carbocycles. The molecule has 0 N–H and O–H groups in total. The number of benzene rings is 2. The van der Waals surface area contributed by atoms with Crippen molar-refractivity contribution in [3.8, 4) is 11.3 Å². The molecule has 1 aromatic heterocycles. The van der Waals surface area contributed by atoms with Gasteiger partial charge < -0.3 is 4.42 Å².